The fourth-order valence-electron chi connectivity index (χ4n) is 2.13. The number of thioether (sulfide) groups is 1. The molecule has 8 heteroatoms. The molecule has 1 saturated heterocycles. The van der Waals surface area contributed by atoms with E-state index in [1.54, 1.807) is 26.0 Å². The molecule has 1 aromatic carbocycles. The number of ether oxygens (including phenoxy) is 1. The monoisotopic (exact) mass is 366 g/mol. The number of aryl methyl sites for hydroxylation is 1. The topological polar surface area (TPSA) is 75.7 Å². The van der Waals surface area contributed by atoms with Crippen molar-refractivity contribution in [1.82, 2.24) is 10.2 Å². The molecule has 1 heterocycles. The van der Waals surface area contributed by atoms with Crippen molar-refractivity contribution in [3.05, 3.63) is 46.2 Å². The predicted molar refractivity (Wildman–Crippen MR) is 91.9 cm³/mol. The van der Waals surface area contributed by atoms with Gasteiger partial charge in [-0.25, -0.2) is 9.18 Å². The van der Waals surface area contributed by atoms with Crippen LogP contribution in [0.1, 0.15) is 18.1 Å². The van der Waals surface area contributed by atoms with Gasteiger partial charge in [0.15, 0.2) is 0 Å². The second-order valence-electron chi connectivity index (χ2n) is 5.36. The largest absolute Gasteiger partial charge is 0.463 e. The molecule has 0 aliphatic carbocycles. The average Bonchev–Trinajstić information content (AvgIpc) is 2.89. The fourth-order valence-corrected chi connectivity index (χ4v) is 3.06. The number of esters is 1. The van der Waals surface area contributed by atoms with Gasteiger partial charge in [0.2, 0.25) is 11.8 Å². The van der Waals surface area contributed by atoms with Crippen molar-refractivity contribution in [2.24, 2.45) is 0 Å². The number of benzene rings is 1. The quantitative estimate of drug-likeness (QED) is 0.613. The van der Waals surface area contributed by atoms with Crippen LogP contribution in [0.2, 0.25) is 0 Å². The highest BCUT2D eigenvalue weighted by atomic mass is 32.2. The van der Waals surface area contributed by atoms with Crippen LogP contribution in [0.15, 0.2) is 29.3 Å². The molecular formula is C17H19FN2O4S. The van der Waals surface area contributed by atoms with Crippen LogP contribution >= 0.6 is 11.8 Å². The van der Waals surface area contributed by atoms with Gasteiger partial charge in [0, 0.05) is 6.54 Å². The summed E-state index contributed by atoms with van der Waals surface area (Å²) >= 11 is 1.18. The van der Waals surface area contributed by atoms with Crippen LogP contribution in [0.25, 0.3) is 0 Å². The van der Waals surface area contributed by atoms with Crippen LogP contribution in [-0.4, -0.2) is 41.6 Å². The summed E-state index contributed by atoms with van der Waals surface area (Å²) in [7, 11) is 0. The minimum absolute atomic E-state index is 0.155. The van der Waals surface area contributed by atoms with Gasteiger partial charge in [-0.05, 0) is 31.0 Å². The lowest BCUT2D eigenvalue weighted by atomic mass is 10.1. The van der Waals surface area contributed by atoms with Gasteiger partial charge in [0.25, 0.3) is 0 Å². The Labute approximate surface area is 149 Å². The standard InChI is InChI=1S/C17H19FN2O4S/c1-3-24-17(23)7-16-20(15(22)10-25-16)9-14(21)19-8-12-5-4-11(2)13(18)6-12/h4-7H,3,8-10H2,1-2H3,(H,19,21)/b16-7-. The summed E-state index contributed by atoms with van der Waals surface area (Å²) in [5, 5.41) is 3.03. The molecule has 2 rings (SSSR count). The number of rotatable bonds is 6. The Morgan fingerprint density at radius 2 is 2.20 bits per heavy atom. The number of carbonyl (C=O) groups excluding carboxylic acids is 3. The van der Waals surface area contributed by atoms with Crippen LogP contribution < -0.4 is 5.32 Å². The molecule has 1 aliphatic rings. The van der Waals surface area contributed by atoms with Gasteiger partial charge in [-0.2, -0.15) is 0 Å². The summed E-state index contributed by atoms with van der Waals surface area (Å²) in [6.45, 7) is 3.52. The van der Waals surface area contributed by atoms with Gasteiger partial charge >= 0.3 is 5.97 Å². The van der Waals surface area contributed by atoms with E-state index in [2.05, 4.69) is 5.32 Å². The second kappa shape index (κ2) is 8.66. The highest BCUT2D eigenvalue weighted by Crippen LogP contribution is 2.28. The van der Waals surface area contributed by atoms with Crippen LogP contribution in [0.3, 0.4) is 0 Å². The second-order valence-corrected chi connectivity index (χ2v) is 6.36. The molecule has 0 saturated carbocycles. The normalized spacial score (nSPS) is 15.6. The summed E-state index contributed by atoms with van der Waals surface area (Å²) in [6, 6.07) is 4.72. The van der Waals surface area contributed by atoms with E-state index in [4.69, 9.17) is 4.74 Å². The Hall–Kier alpha value is -2.35. The zero-order chi connectivity index (χ0) is 18.4. The number of hydrogen-bond acceptors (Lipinski definition) is 5. The zero-order valence-electron chi connectivity index (χ0n) is 14.0. The first kappa shape index (κ1) is 19.0. The molecule has 2 amide bonds. The van der Waals surface area contributed by atoms with E-state index < -0.39 is 11.9 Å². The van der Waals surface area contributed by atoms with Crippen LogP contribution in [0, 0.1) is 12.7 Å². The van der Waals surface area contributed by atoms with E-state index in [0.29, 0.717) is 16.2 Å². The van der Waals surface area contributed by atoms with Crippen LogP contribution in [-0.2, 0) is 25.7 Å². The smallest absolute Gasteiger partial charge is 0.333 e. The van der Waals surface area contributed by atoms with Gasteiger partial charge in [-0.15, -0.1) is 0 Å². The molecule has 0 aromatic heterocycles. The van der Waals surface area contributed by atoms with Crippen LogP contribution in [0.4, 0.5) is 4.39 Å². The molecule has 1 aliphatic heterocycles. The summed E-state index contributed by atoms with van der Waals surface area (Å²) in [5.74, 6) is -1.37. The molecule has 0 atom stereocenters. The van der Waals surface area contributed by atoms with Crippen molar-refractivity contribution >= 4 is 29.5 Å². The first-order valence-corrected chi connectivity index (χ1v) is 8.72. The minimum atomic E-state index is -0.555. The molecule has 6 nitrogen and oxygen atoms in total. The highest BCUT2D eigenvalue weighted by molar-refractivity contribution is 8.04. The lowest BCUT2D eigenvalue weighted by molar-refractivity contribution is -0.137. The first-order chi connectivity index (χ1) is 11.9. The molecule has 0 unspecified atom stereocenters. The lowest BCUT2D eigenvalue weighted by Crippen LogP contribution is -2.37. The van der Waals surface area contributed by atoms with E-state index in [0.717, 1.165) is 0 Å². The van der Waals surface area contributed by atoms with Crippen molar-refractivity contribution < 1.29 is 23.5 Å². The SMILES string of the molecule is CCOC(=O)/C=C1\SCC(=O)N1CC(=O)NCc1ccc(C)c(F)c1. The average molecular weight is 366 g/mol. The number of carbonyl (C=O) groups is 3. The maximum atomic E-state index is 13.5. The molecule has 0 radical (unpaired) electrons. The summed E-state index contributed by atoms with van der Waals surface area (Å²) in [6.07, 6.45) is 1.21. The number of halogens is 1. The number of nitrogens with zero attached hydrogens (tertiary/aromatic N) is 1. The summed E-state index contributed by atoms with van der Waals surface area (Å²) in [5.41, 5.74) is 1.16. The van der Waals surface area contributed by atoms with E-state index in [1.807, 2.05) is 0 Å². The number of nitrogens with one attached hydrogen (secondary N) is 1. The minimum Gasteiger partial charge on any atom is -0.463 e. The van der Waals surface area contributed by atoms with Crippen molar-refractivity contribution in [3.63, 3.8) is 0 Å². The molecule has 25 heavy (non-hydrogen) atoms. The Morgan fingerprint density at radius 3 is 2.88 bits per heavy atom. The molecular weight excluding hydrogens is 347 g/mol. The molecule has 0 spiro atoms. The van der Waals surface area contributed by atoms with E-state index in [9.17, 15) is 18.8 Å². The van der Waals surface area contributed by atoms with Gasteiger partial charge in [-0.1, -0.05) is 23.9 Å². The maximum absolute atomic E-state index is 13.5. The van der Waals surface area contributed by atoms with Gasteiger partial charge in [-0.3, -0.25) is 14.5 Å². The Kier molecular flexibility index (Phi) is 6.58. The summed E-state index contributed by atoms with van der Waals surface area (Å²) in [4.78, 5) is 36.7. The Balaban J connectivity index is 1.94. The molecule has 134 valence electrons. The van der Waals surface area contributed by atoms with Crippen molar-refractivity contribution in [1.29, 1.82) is 0 Å². The first-order valence-electron chi connectivity index (χ1n) is 7.74. The van der Waals surface area contributed by atoms with E-state index in [1.165, 1.54) is 28.8 Å². The van der Waals surface area contributed by atoms with Crippen molar-refractivity contribution in [2.75, 3.05) is 18.9 Å². The third-order valence-corrected chi connectivity index (χ3v) is 4.49. The number of amides is 2. The molecule has 1 fully saturated rings. The van der Waals surface area contributed by atoms with Gasteiger partial charge in [0.1, 0.15) is 12.4 Å². The molecule has 1 aromatic rings. The van der Waals surface area contributed by atoms with Gasteiger partial charge < -0.3 is 10.1 Å². The fraction of sp³-hybridized carbons (Fsp3) is 0.353. The lowest BCUT2D eigenvalue weighted by Gasteiger charge is -2.16. The molecule has 1 N–H and O–H groups in total. The van der Waals surface area contributed by atoms with E-state index >= 15 is 0 Å². The third kappa shape index (κ3) is 5.32. The Morgan fingerprint density at radius 1 is 1.44 bits per heavy atom. The zero-order valence-corrected chi connectivity index (χ0v) is 14.8. The van der Waals surface area contributed by atoms with Crippen LogP contribution in [0.5, 0.6) is 0 Å². The Bertz CT molecular complexity index is 721. The van der Waals surface area contributed by atoms with Crippen molar-refractivity contribution in [2.45, 2.75) is 20.4 Å². The maximum Gasteiger partial charge on any atom is 0.333 e. The predicted octanol–water partition coefficient (Wildman–Crippen LogP) is 1.73. The van der Waals surface area contributed by atoms with Gasteiger partial charge in [0.05, 0.1) is 23.5 Å². The van der Waals surface area contributed by atoms with Crippen molar-refractivity contribution in [3.8, 4) is 0 Å². The summed E-state index contributed by atoms with van der Waals surface area (Å²) < 4.78 is 18.3. The molecule has 0 bridgehead atoms. The third-order valence-electron chi connectivity index (χ3n) is 3.47. The van der Waals surface area contributed by atoms with E-state index in [-0.39, 0.29) is 37.2 Å². The number of hydrogen-bond donors (Lipinski definition) is 1. The highest BCUT2D eigenvalue weighted by Gasteiger charge is 2.29.